The van der Waals surface area contributed by atoms with Crippen LogP contribution in [-0.2, 0) is 14.3 Å². The van der Waals surface area contributed by atoms with E-state index < -0.39 is 6.10 Å². The van der Waals surface area contributed by atoms with E-state index in [0.29, 0.717) is 11.2 Å². The summed E-state index contributed by atoms with van der Waals surface area (Å²) in [6.45, 7) is 1.64. The number of carbonyl (C=O) groups is 1. The van der Waals surface area contributed by atoms with Crippen LogP contribution in [0.4, 0.5) is 0 Å². The fourth-order valence-corrected chi connectivity index (χ4v) is 2.32. The summed E-state index contributed by atoms with van der Waals surface area (Å²) in [7, 11) is 0. The van der Waals surface area contributed by atoms with E-state index in [0.717, 1.165) is 0 Å². The zero-order valence-electron chi connectivity index (χ0n) is 10.6. The second-order valence-corrected chi connectivity index (χ2v) is 4.65. The largest absolute Gasteiger partial charge is 0.497 e. The van der Waals surface area contributed by atoms with Crippen LogP contribution in [0.1, 0.15) is 13.0 Å². The lowest BCUT2D eigenvalue weighted by molar-refractivity contribution is -0.151. The first-order valence-electron chi connectivity index (χ1n) is 5.95. The molecule has 0 aliphatic carbocycles. The lowest BCUT2D eigenvalue weighted by atomic mass is 10.1. The first-order chi connectivity index (χ1) is 9.66. The van der Waals surface area contributed by atoms with Crippen LogP contribution >= 0.6 is 11.6 Å². The predicted molar refractivity (Wildman–Crippen MR) is 70.0 cm³/mol. The molecule has 2 atom stereocenters. The quantitative estimate of drug-likeness (QED) is 0.617. The molecule has 3 rings (SSSR count). The maximum Gasteiger partial charge on any atom is 0.303 e. The molecule has 0 spiro atoms. The highest BCUT2D eigenvalue weighted by Crippen LogP contribution is 2.26. The molecule has 1 aliphatic heterocycles. The topological polar surface area (TPSA) is 79.1 Å². The number of imidazole rings is 1. The maximum atomic E-state index is 11.2. The molecule has 20 heavy (non-hydrogen) atoms. The van der Waals surface area contributed by atoms with Gasteiger partial charge in [-0.3, -0.25) is 4.79 Å². The average Bonchev–Trinajstić information content (AvgIpc) is 2.84. The molecule has 0 N–H and O–H groups in total. The number of ether oxygens (including phenoxy) is 2. The fraction of sp³-hybridized carbons (Fsp3) is 0.333. The smallest absolute Gasteiger partial charge is 0.303 e. The molecule has 0 saturated carbocycles. The Morgan fingerprint density at radius 3 is 3.15 bits per heavy atom. The molecule has 0 unspecified atom stereocenters. The highest BCUT2D eigenvalue weighted by atomic mass is 35.5. The van der Waals surface area contributed by atoms with Gasteiger partial charge in [0, 0.05) is 6.92 Å². The van der Waals surface area contributed by atoms with E-state index in [-0.39, 0.29) is 23.8 Å². The van der Waals surface area contributed by atoms with Crippen molar-refractivity contribution in [2.45, 2.75) is 19.1 Å². The average molecular weight is 295 g/mol. The Morgan fingerprint density at radius 1 is 1.50 bits per heavy atom. The minimum Gasteiger partial charge on any atom is -0.497 e. The molecule has 0 aromatic carbocycles. The van der Waals surface area contributed by atoms with Crippen LogP contribution in [0.2, 0.25) is 5.15 Å². The molecule has 7 nitrogen and oxygen atoms in total. The number of halogens is 1. The van der Waals surface area contributed by atoms with E-state index in [4.69, 9.17) is 21.1 Å². The van der Waals surface area contributed by atoms with Crippen LogP contribution in [0, 0.1) is 0 Å². The summed E-state index contributed by atoms with van der Waals surface area (Å²) in [4.78, 5) is 23.4. The van der Waals surface area contributed by atoms with Crippen LogP contribution in [0.25, 0.3) is 11.2 Å². The standard InChI is InChI=1S/C12H11ClN4O3/c1-7(18)20-9-4-19-3-2-8(9)17-6-16-10-11(13)14-5-15-12(10)17/h2-3,5-6,8-9H,4H2,1H3/t8-,9-/m1/s1. The Bertz CT molecular complexity index is 684. The van der Waals surface area contributed by atoms with Crippen molar-refractivity contribution < 1.29 is 14.3 Å². The third kappa shape index (κ3) is 2.20. The molecule has 104 valence electrons. The van der Waals surface area contributed by atoms with Gasteiger partial charge in [0.25, 0.3) is 0 Å². The van der Waals surface area contributed by atoms with Crippen molar-refractivity contribution in [2.24, 2.45) is 0 Å². The van der Waals surface area contributed by atoms with Crippen molar-refractivity contribution in [1.29, 1.82) is 0 Å². The Kier molecular flexibility index (Phi) is 3.27. The van der Waals surface area contributed by atoms with Gasteiger partial charge >= 0.3 is 5.97 Å². The third-order valence-corrected chi connectivity index (χ3v) is 3.24. The number of hydrogen-bond acceptors (Lipinski definition) is 6. The van der Waals surface area contributed by atoms with Crippen molar-refractivity contribution in [3.8, 4) is 0 Å². The van der Waals surface area contributed by atoms with Gasteiger partial charge < -0.3 is 14.0 Å². The molecule has 8 heteroatoms. The summed E-state index contributed by atoms with van der Waals surface area (Å²) >= 11 is 5.97. The van der Waals surface area contributed by atoms with Gasteiger partial charge in [-0.25, -0.2) is 15.0 Å². The van der Waals surface area contributed by atoms with E-state index in [1.165, 1.54) is 13.3 Å². The molecule has 3 heterocycles. The van der Waals surface area contributed by atoms with Gasteiger partial charge in [-0.2, -0.15) is 0 Å². The van der Waals surface area contributed by atoms with Crippen molar-refractivity contribution in [1.82, 2.24) is 19.5 Å². The van der Waals surface area contributed by atoms with Crippen LogP contribution in [0.3, 0.4) is 0 Å². The first-order valence-corrected chi connectivity index (χ1v) is 6.33. The van der Waals surface area contributed by atoms with Crippen LogP contribution in [-0.4, -0.2) is 38.2 Å². The van der Waals surface area contributed by atoms with Gasteiger partial charge in [-0.05, 0) is 6.08 Å². The molecular formula is C12H11ClN4O3. The van der Waals surface area contributed by atoms with E-state index in [1.807, 2.05) is 0 Å². The van der Waals surface area contributed by atoms with E-state index in [2.05, 4.69) is 15.0 Å². The molecule has 2 aromatic rings. The fourth-order valence-electron chi connectivity index (χ4n) is 2.14. The number of aromatic nitrogens is 4. The maximum absolute atomic E-state index is 11.2. The summed E-state index contributed by atoms with van der Waals surface area (Å²) in [5, 5.41) is 0.286. The van der Waals surface area contributed by atoms with Crippen LogP contribution in [0.5, 0.6) is 0 Å². The molecule has 0 fully saturated rings. The minimum absolute atomic E-state index is 0.247. The highest BCUT2D eigenvalue weighted by molar-refractivity contribution is 6.33. The summed E-state index contributed by atoms with van der Waals surface area (Å²) in [6.07, 6.45) is 5.88. The Labute approximate surface area is 119 Å². The minimum atomic E-state index is -0.441. The number of rotatable bonds is 2. The van der Waals surface area contributed by atoms with Gasteiger partial charge in [-0.1, -0.05) is 11.6 Å². The van der Waals surface area contributed by atoms with E-state index >= 15 is 0 Å². The Morgan fingerprint density at radius 2 is 2.35 bits per heavy atom. The lowest BCUT2D eigenvalue weighted by Gasteiger charge is -2.27. The number of carbonyl (C=O) groups excluding carboxylic acids is 1. The molecule has 1 aliphatic rings. The number of esters is 1. The second-order valence-electron chi connectivity index (χ2n) is 4.29. The van der Waals surface area contributed by atoms with Crippen molar-refractivity contribution in [3.05, 3.63) is 30.1 Å². The normalized spacial score (nSPS) is 21.7. The first kappa shape index (κ1) is 12.9. The van der Waals surface area contributed by atoms with Crippen LogP contribution in [0.15, 0.2) is 25.0 Å². The van der Waals surface area contributed by atoms with E-state index in [9.17, 15) is 4.79 Å². The highest BCUT2D eigenvalue weighted by Gasteiger charge is 2.29. The summed E-state index contributed by atoms with van der Waals surface area (Å²) in [5.74, 6) is -0.365. The molecule has 0 bridgehead atoms. The molecule has 2 aromatic heterocycles. The molecule has 0 saturated heterocycles. The van der Waals surface area contributed by atoms with Crippen molar-refractivity contribution in [3.63, 3.8) is 0 Å². The lowest BCUT2D eigenvalue weighted by Crippen LogP contribution is -2.33. The van der Waals surface area contributed by atoms with Gasteiger partial charge in [0.15, 0.2) is 16.9 Å². The van der Waals surface area contributed by atoms with Crippen LogP contribution < -0.4 is 0 Å². The van der Waals surface area contributed by atoms with Gasteiger partial charge in [0.2, 0.25) is 0 Å². The zero-order valence-corrected chi connectivity index (χ0v) is 11.3. The summed E-state index contributed by atoms with van der Waals surface area (Å²) in [6, 6.07) is -0.247. The number of fused-ring (bicyclic) bond motifs is 1. The van der Waals surface area contributed by atoms with Gasteiger partial charge in [-0.15, -0.1) is 0 Å². The monoisotopic (exact) mass is 294 g/mol. The molecule has 0 radical (unpaired) electrons. The Hall–Kier alpha value is -2.15. The zero-order chi connectivity index (χ0) is 14.1. The molecule has 0 amide bonds. The van der Waals surface area contributed by atoms with Crippen molar-refractivity contribution >= 4 is 28.7 Å². The summed E-state index contributed by atoms with van der Waals surface area (Å²) in [5.41, 5.74) is 1.09. The number of nitrogens with zero attached hydrogens (tertiary/aromatic N) is 4. The third-order valence-electron chi connectivity index (χ3n) is 2.97. The second kappa shape index (κ2) is 5.09. The van der Waals surface area contributed by atoms with Crippen molar-refractivity contribution in [2.75, 3.05) is 6.61 Å². The molecular weight excluding hydrogens is 284 g/mol. The summed E-state index contributed by atoms with van der Waals surface area (Å²) < 4.78 is 12.3. The van der Waals surface area contributed by atoms with Gasteiger partial charge in [0.05, 0.1) is 18.6 Å². The predicted octanol–water partition coefficient (Wildman–Crippen LogP) is 1.50. The van der Waals surface area contributed by atoms with E-state index in [1.54, 1.807) is 23.2 Å². The Balaban J connectivity index is 2.04. The van der Waals surface area contributed by atoms with Gasteiger partial charge in [0.1, 0.15) is 18.5 Å². The SMILES string of the molecule is CC(=O)O[C@@H]1COC=C[C@H]1n1cnc2c(Cl)ncnc21. The number of hydrogen-bond donors (Lipinski definition) is 0.